The first-order chi connectivity index (χ1) is 9.83. The van der Waals surface area contributed by atoms with E-state index in [4.69, 9.17) is 0 Å². The highest BCUT2D eigenvalue weighted by Crippen LogP contribution is 2.19. The molecule has 0 bridgehead atoms. The number of aromatic hydroxyl groups is 1. The molecule has 0 spiro atoms. The van der Waals surface area contributed by atoms with Gasteiger partial charge in [0, 0.05) is 32.2 Å². The van der Waals surface area contributed by atoms with E-state index in [9.17, 15) is 18.3 Å². The molecule has 2 rings (SSSR count). The lowest BCUT2D eigenvalue weighted by atomic mass is 10.1. The van der Waals surface area contributed by atoms with Gasteiger partial charge in [0.1, 0.15) is 5.75 Å². The average molecular weight is 302 g/mol. The third-order valence-corrected chi connectivity index (χ3v) is 3.90. The van der Waals surface area contributed by atoms with Crippen LogP contribution in [-0.2, 0) is 6.42 Å². The van der Waals surface area contributed by atoms with Gasteiger partial charge in [0.25, 0.3) is 0 Å². The molecule has 1 unspecified atom stereocenters. The van der Waals surface area contributed by atoms with Gasteiger partial charge in [0.05, 0.1) is 6.54 Å². The highest BCUT2D eigenvalue weighted by molar-refractivity contribution is 5.26. The fourth-order valence-corrected chi connectivity index (χ4v) is 2.72. The number of hydrogen-bond acceptors (Lipinski definition) is 3. The largest absolute Gasteiger partial charge is 0.508 e. The monoisotopic (exact) mass is 302 g/mol. The number of piperazine rings is 1. The summed E-state index contributed by atoms with van der Waals surface area (Å²) in [6.07, 6.45) is -3.28. The minimum Gasteiger partial charge on any atom is -0.508 e. The quantitative estimate of drug-likeness (QED) is 0.926. The summed E-state index contributed by atoms with van der Waals surface area (Å²) >= 11 is 0. The smallest absolute Gasteiger partial charge is 0.401 e. The molecule has 1 aliphatic rings. The number of phenolic OH excluding ortho intramolecular Hbond substituents is 1. The summed E-state index contributed by atoms with van der Waals surface area (Å²) in [4.78, 5) is 3.68. The molecule has 3 nitrogen and oxygen atoms in total. The van der Waals surface area contributed by atoms with Crippen molar-refractivity contribution in [3.05, 3.63) is 29.8 Å². The Morgan fingerprint density at radius 2 is 1.67 bits per heavy atom. The number of alkyl halides is 3. The van der Waals surface area contributed by atoms with Gasteiger partial charge in [0.15, 0.2) is 0 Å². The van der Waals surface area contributed by atoms with Crippen LogP contribution in [0.5, 0.6) is 5.75 Å². The lowest BCUT2D eigenvalue weighted by Crippen LogP contribution is -2.52. The van der Waals surface area contributed by atoms with E-state index in [1.54, 1.807) is 12.1 Å². The predicted octanol–water partition coefficient (Wildman–Crippen LogP) is 2.50. The van der Waals surface area contributed by atoms with E-state index < -0.39 is 12.7 Å². The van der Waals surface area contributed by atoms with Crippen LogP contribution in [0, 0.1) is 0 Å². The number of halogens is 3. The fourth-order valence-electron chi connectivity index (χ4n) is 2.72. The van der Waals surface area contributed by atoms with E-state index in [-0.39, 0.29) is 11.8 Å². The van der Waals surface area contributed by atoms with Crippen LogP contribution < -0.4 is 0 Å². The van der Waals surface area contributed by atoms with Gasteiger partial charge in [-0.3, -0.25) is 9.80 Å². The van der Waals surface area contributed by atoms with E-state index in [1.807, 2.05) is 12.1 Å². The molecule has 1 N–H and O–H groups in total. The second-order valence-electron chi connectivity index (χ2n) is 5.65. The molecule has 6 heteroatoms. The van der Waals surface area contributed by atoms with Crippen molar-refractivity contribution in [2.24, 2.45) is 0 Å². The van der Waals surface area contributed by atoms with Gasteiger partial charge in [0.2, 0.25) is 0 Å². The number of phenols is 1. The molecule has 21 heavy (non-hydrogen) atoms. The molecule has 1 saturated heterocycles. The number of benzene rings is 1. The van der Waals surface area contributed by atoms with Gasteiger partial charge in [-0.15, -0.1) is 0 Å². The zero-order valence-corrected chi connectivity index (χ0v) is 12.1. The van der Waals surface area contributed by atoms with Gasteiger partial charge < -0.3 is 5.11 Å². The Morgan fingerprint density at radius 3 is 2.19 bits per heavy atom. The van der Waals surface area contributed by atoms with Crippen molar-refractivity contribution in [1.29, 1.82) is 0 Å². The van der Waals surface area contributed by atoms with E-state index in [1.165, 1.54) is 4.90 Å². The summed E-state index contributed by atoms with van der Waals surface area (Å²) in [6, 6.07) is 7.35. The van der Waals surface area contributed by atoms with Crippen LogP contribution in [0.3, 0.4) is 0 Å². The third-order valence-electron chi connectivity index (χ3n) is 3.90. The van der Waals surface area contributed by atoms with E-state index in [2.05, 4.69) is 11.8 Å². The summed E-state index contributed by atoms with van der Waals surface area (Å²) in [5.41, 5.74) is 1.12. The number of rotatable bonds is 4. The second kappa shape index (κ2) is 6.66. The Balaban J connectivity index is 1.80. The zero-order chi connectivity index (χ0) is 15.5. The number of hydrogen-bond donors (Lipinski definition) is 1. The zero-order valence-electron chi connectivity index (χ0n) is 12.1. The lowest BCUT2D eigenvalue weighted by molar-refractivity contribution is -0.149. The van der Waals surface area contributed by atoms with Crippen molar-refractivity contribution < 1.29 is 18.3 Å². The van der Waals surface area contributed by atoms with Crippen LogP contribution in [0.25, 0.3) is 0 Å². The second-order valence-corrected chi connectivity index (χ2v) is 5.65. The van der Waals surface area contributed by atoms with Gasteiger partial charge in [-0.05, 0) is 31.0 Å². The fraction of sp³-hybridized carbons (Fsp3) is 0.600. The van der Waals surface area contributed by atoms with Gasteiger partial charge in [-0.2, -0.15) is 13.2 Å². The summed E-state index contributed by atoms with van der Waals surface area (Å²) < 4.78 is 37.0. The van der Waals surface area contributed by atoms with Crippen LogP contribution in [0.1, 0.15) is 12.5 Å². The SMILES string of the molecule is CC(Cc1ccc(O)cc1)N1CCN(CC(F)(F)F)CC1. The van der Waals surface area contributed by atoms with Crippen molar-refractivity contribution in [2.45, 2.75) is 25.6 Å². The Kier molecular flexibility index (Phi) is 5.11. The molecule has 1 atom stereocenters. The van der Waals surface area contributed by atoms with Gasteiger partial charge >= 0.3 is 6.18 Å². The third kappa shape index (κ3) is 5.21. The minimum absolute atomic E-state index is 0.243. The average Bonchev–Trinajstić information content (AvgIpc) is 2.40. The summed E-state index contributed by atoms with van der Waals surface area (Å²) in [6.45, 7) is 3.52. The minimum atomic E-state index is -4.11. The first-order valence-electron chi connectivity index (χ1n) is 7.14. The maximum atomic E-state index is 12.3. The highest BCUT2D eigenvalue weighted by atomic mass is 19.4. The molecule has 1 fully saturated rings. The van der Waals surface area contributed by atoms with Crippen LogP contribution >= 0.6 is 0 Å². The topological polar surface area (TPSA) is 26.7 Å². The Morgan fingerprint density at radius 1 is 1.10 bits per heavy atom. The van der Waals surface area contributed by atoms with Crippen LogP contribution in [0.4, 0.5) is 13.2 Å². The first-order valence-corrected chi connectivity index (χ1v) is 7.14. The van der Waals surface area contributed by atoms with Crippen molar-refractivity contribution in [3.8, 4) is 5.75 Å². The molecule has 1 aromatic rings. The summed E-state index contributed by atoms with van der Waals surface area (Å²) in [7, 11) is 0. The molecule has 1 heterocycles. The molecule has 1 aromatic carbocycles. The molecule has 118 valence electrons. The normalized spacial score (nSPS) is 19.6. The highest BCUT2D eigenvalue weighted by Gasteiger charge is 2.32. The van der Waals surface area contributed by atoms with Crippen LogP contribution in [0.2, 0.25) is 0 Å². The molecule has 0 aliphatic carbocycles. The first kappa shape index (κ1) is 16.1. The summed E-state index contributed by atoms with van der Waals surface area (Å²) in [5.74, 6) is 0.243. The van der Waals surface area contributed by atoms with Gasteiger partial charge in [-0.25, -0.2) is 0 Å². The van der Waals surface area contributed by atoms with Crippen molar-refractivity contribution >= 4 is 0 Å². The lowest BCUT2D eigenvalue weighted by Gasteiger charge is -2.38. The number of nitrogens with zero attached hydrogens (tertiary/aromatic N) is 2. The Hall–Kier alpha value is -1.27. The molecule has 0 amide bonds. The van der Waals surface area contributed by atoms with Crippen LogP contribution in [0.15, 0.2) is 24.3 Å². The van der Waals surface area contributed by atoms with Gasteiger partial charge in [-0.1, -0.05) is 12.1 Å². The molecule has 0 aromatic heterocycles. The Bertz CT molecular complexity index is 439. The molecule has 1 aliphatic heterocycles. The van der Waals surface area contributed by atoms with Crippen LogP contribution in [-0.4, -0.2) is 59.8 Å². The maximum Gasteiger partial charge on any atom is 0.401 e. The van der Waals surface area contributed by atoms with E-state index in [0.717, 1.165) is 12.0 Å². The Labute approximate surface area is 123 Å². The maximum absolute atomic E-state index is 12.3. The molecule has 0 saturated carbocycles. The van der Waals surface area contributed by atoms with Crippen molar-refractivity contribution in [2.75, 3.05) is 32.7 Å². The summed E-state index contributed by atoms with van der Waals surface area (Å²) in [5, 5.41) is 9.25. The van der Waals surface area contributed by atoms with Crippen molar-refractivity contribution in [3.63, 3.8) is 0 Å². The van der Waals surface area contributed by atoms with Crippen molar-refractivity contribution in [1.82, 2.24) is 9.80 Å². The van der Waals surface area contributed by atoms with E-state index >= 15 is 0 Å². The standard InChI is InChI=1S/C15H21F3N2O/c1-12(10-13-2-4-14(21)5-3-13)20-8-6-19(7-9-20)11-15(16,17)18/h2-5,12,21H,6-11H2,1H3. The van der Waals surface area contributed by atoms with E-state index in [0.29, 0.717) is 26.2 Å². The molecular weight excluding hydrogens is 281 g/mol. The predicted molar refractivity (Wildman–Crippen MR) is 75.3 cm³/mol. The molecular formula is C15H21F3N2O. The molecule has 0 radical (unpaired) electrons.